The fourth-order valence-electron chi connectivity index (χ4n) is 2.53. The smallest absolute Gasteiger partial charge is 0.335 e. The van der Waals surface area contributed by atoms with Crippen molar-refractivity contribution in [3.05, 3.63) is 47.3 Å². The molecule has 0 aliphatic carbocycles. The summed E-state index contributed by atoms with van der Waals surface area (Å²) in [4.78, 5) is 23.3. The van der Waals surface area contributed by atoms with Gasteiger partial charge in [0.1, 0.15) is 0 Å². The number of aryl methyl sites for hydroxylation is 1. The van der Waals surface area contributed by atoms with Gasteiger partial charge in [-0.05, 0) is 44.0 Å². The minimum atomic E-state index is -1.03. The summed E-state index contributed by atoms with van der Waals surface area (Å²) < 4.78 is 1.88. The molecule has 0 aliphatic heterocycles. The number of carbonyl (C=O) groups excluding carboxylic acids is 1. The van der Waals surface area contributed by atoms with Gasteiger partial charge in [-0.25, -0.2) is 4.79 Å². The van der Waals surface area contributed by atoms with Gasteiger partial charge in [-0.3, -0.25) is 9.48 Å². The molecule has 0 saturated heterocycles. The predicted molar refractivity (Wildman–Crippen MR) is 87.9 cm³/mol. The second kappa shape index (κ2) is 7.09. The molecule has 23 heavy (non-hydrogen) atoms. The predicted octanol–water partition coefficient (Wildman–Crippen LogP) is 3.50. The van der Waals surface area contributed by atoms with Gasteiger partial charge in [-0.15, -0.1) is 0 Å². The van der Waals surface area contributed by atoms with Gasteiger partial charge in [-0.2, -0.15) is 5.10 Å². The molecule has 0 atom stereocenters. The lowest BCUT2D eigenvalue weighted by molar-refractivity contribution is 0.0696. The van der Waals surface area contributed by atoms with E-state index in [4.69, 9.17) is 5.11 Å². The molecule has 2 rings (SSSR count). The molecular formula is C17H21N3O3. The van der Waals surface area contributed by atoms with E-state index in [0.717, 1.165) is 18.5 Å². The summed E-state index contributed by atoms with van der Waals surface area (Å²) in [6.07, 6.45) is 1.89. The van der Waals surface area contributed by atoms with Crippen LogP contribution in [0.1, 0.15) is 59.3 Å². The van der Waals surface area contributed by atoms with E-state index in [-0.39, 0.29) is 17.5 Å². The molecule has 6 nitrogen and oxygen atoms in total. The van der Waals surface area contributed by atoms with Crippen LogP contribution in [0.25, 0.3) is 0 Å². The van der Waals surface area contributed by atoms with Crippen molar-refractivity contribution in [1.82, 2.24) is 9.78 Å². The van der Waals surface area contributed by atoms with E-state index in [0.29, 0.717) is 11.4 Å². The number of nitrogens with zero attached hydrogens (tertiary/aromatic N) is 2. The minimum absolute atomic E-state index is 0.126. The standard InChI is InChI=1S/C17H21N3O3/c1-4-14(5-2)20-11(3)9-15(19-20)16(21)18-13-8-6-7-12(10-13)17(22)23/h6-10,14H,4-5H2,1-3H3,(H,18,21)(H,22,23). The Labute approximate surface area is 135 Å². The highest BCUT2D eigenvalue weighted by molar-refractivity contribution is 6.03. The van der Waals surface area contributed by atoms with Crippen molar-refractivity contribution < 1.29 is 14.7 Å². The average Bonchev–Trinajstić information content (AvgIpc) is 2.91. The summed E-state index contributed by atoms with van der Waals surface area (Å²) >= 11 is 0. The van der Waals surface area contributed by atoms with Crippen LogP contribution >= 0.6 is 0 Å². The number of nitrogens with one attached hydrogen (secondary N) is 1. The fourth-order valence-corrected chi connectivity index (χ4v) is 2.53. The number of rotatable bonds is 6. The number of hydrogen-bond donors (Lipinski definition) is 2. The number of benzene rings is 1. The quantitative estimate of drug-likeness (QED) is 0.854. The summed E-state index contributed by atoms with van der Waals surface area (Å²) in [5, 5.41) is 16.1. The monoisotopic (exact) mass is 315 g/mol. The maximum absolute atomic E-state index is 12.3. The molecule has 122 valence electrons. The van der Waals surface area contributed by atoms with E-state index in [1.54, 1.807) is 18.2 Å². The van der Waals surface area contributed by atoms with Crippen molar-refractivity contribution in [3.63, 3.8) is 0 Å². The van der Waals surface area contributed by atoms with Crippen LogP contribution in [-0.4, -0.2) is 26.8 Å². The number of amides is 1. The maximum Gasteiger partial charge on any atom is 0.335 e. The number of aromatic nitrogens is 2. The molecule has 1 amide bonds. The molecule has 0 radical (unpaired) electrons. The highest BCUT2D eigenvalue weighted by Gasteiger charge is 2.16. The Morgan fingerprint density at radius 1 is 1.26 bits per heavy atom. The number of carbonyl (C=O) groups is 2. The molecule has 1 aromatic heterocycles. The number of carboxylic acid groups (broad SMARTS) is 1. The summed E-state index contributed by atoms with van der Waals surface area (Å²) in [6, 6.07) is 8.15. The van der Waals surface area contributed by atoms with Crippen LogP contribution < -0.4 is 5.32 Å². The molecule has 2 N–H and O–H groups in total. The van der Waals surface area contributed by atoms with Gasteiger partial charge in [0.15, 0.2) is 5.69 Å². The van der Waals surface area contributed by atoms with Crippen molar-refractivity contribution in [2.45, 2.75) is 39.7 Å². The fraction of sp³-hybridized carbons (Fsp3) is 0.353. The van der Waals surface area contributed by atoms with Crippen LogP contribution in [0.15, 0.2) is 30.3 Å². The van der Waals surface area contributed by atoms with E-state index in [9.17, 15) is 9.59 Å². The number of hydrogen-bond acceptors (Lipinski definition) is 3. The molecule has 0 unspecified atom stereocenters. The molecule has 6 heteroatoms. The van der Waals surface area contributed by atoms with Crippen molar-refractivity contribution in [1.29, 1.82) is 0 Å². The Bertz CT molecular complexity index is 718. The van der Waals surface area contributed by atoms with E-state index >= 15 is 0 Å². The minimum Gasteiger partial charge on any atom is -0.478 e. The van der Waals surface area contributed by atoms with Crippen molar-refractivity contribution in [3.8, 4) is 0 Å². The van der Waals surface area contributed by atoms with Crippen LogP contribution in [0.2, 0.25) is 0 Å². The molecule has 0 fully saturated rings. The lowest BCUT2D eigenvalue weighted by Crippen LogP contribution is -2.15. The maximum atomic E-state index is 12.3. The van der Waals surface area contributed by atoms with Crippen molar-refractivity contribution in [2.24, 2.45) is 0 Å². The van der Waals surface area contributed by atoms with Crippen LogP contribution in [-0.2, 0) is 0 Å². The lowest BCUT2D eigenvalue weighted by Gasteiger charge is -2.14. The zero-order valence-corrected chi connectivity index (χ0v) is 13.5. The Morgan fingerprint density at radius 2 is 1.96 bits per heavy atom. The van der Waals surface area contributed by atoms with Crippen LogP contribution in [0, 0.1) is 6.92 Å². The second-order valence-electron chi connectivity index (χ2n) is 5.43. The van der Waals surface area contributed by atoms with E-state index in [1.165, 1.54) is 12.1 Å². The Kier molecular flexibility index (Phi) is 5.16. The first kappa shape index (κ1) is 16.7. The summed E-state index contributed by atoms with van der Waals surface area (Å²) in [5.74, 6) is -1.38. The van der Waals surface area contributed by atoms with E-state index < -0.39 is 5.97 Å². The summed E-state index contributed by atoms with van der Waals surface area (Å²) in [6.45, 7) is 6.10. The molecule has 1 heterocycles. The Hall–Kier alpha value is -2.63. The SMILES string of the molecule is CCC(CC)n1nc(C(=O)Nc2cccc(C(=O)O)c2)cc1C. The normalized spacial score (nSPS) is 10.8. The first-order valence-corrected chi connectivity index (χ1v) is 7.67. The molecule has 0 aliphatic rings. The summed E-state index contributed by atoms with van der Waals surface area (Å²) in [5.41, 5.74) is 1.82. The van der Waals surface area contributed by atoms with E-state index in [2.05, 4.69) is 24.3 Å². The highest BCUT2D eigenvalue weighted by atomic mass is 16.4. The molecule has 2 aromatic rings. The number of anilines is 1. The third-order valence-corrected chi connectivity index (χ3v) is 3.81. The average molecular weight is 315 g/mol. The molecule has 1 aromatic carbocycles. The zero-order valence-electron chi connectivity index (χ0n) is 13.5. The van der Waals surface area contributed by atoms with E-state index in [1.807, 2.05) is 11.6 Å². The van der Waals surface area contributed by atoms with Gasteiger partial charge in [0.2, 0.25) is 0 Å². The van der Waals surface area contributed by atoms with Gasteiger partial charge >= 0.3 is 5.97 Å². The van der Waals surface area contributed by atoms with Gasteiger partial charge in [0.25, 0.3) is 5.91 Å². The van der Waals surface area contributed by atoms with Crippen LogP contribution in [0.4, 0.5) is 5.69 Å². The first-order chi connectivity index (χ1) is 11.0. The topological polar surface area (TPSA) is 84.2 Å². The number of aromatic carboxylic acids is 1. The largest absolute Gasteiger partial charge is 0.478 e. The second-order valence-corrected chi connectivity index (χ2v) is 5.43. The van der Waals surface area contributed by atoms with Crippen molar-refractivity contribution >= 4 is 17.6 Å². The van der Waals surface area contributed by atoms with Crippen LogP contribution in [0.3, 0.4) is 0 Å². The van der Waals surface area contributed by atoms with Gasteiger partial charge in [0.05, 0.1) is 11.6 Å². The molecule has 0 saturated carbocycles. The third-order valence-electron chi connectivity index (χ3n) is 3.81. The van der Waals surface area contributed by atoms with Gasteiger partial charge in [0, 0.05) is 11.4 Å². The highest BCUT2D eigenvalue weighted by Crippen LogP contribution is 2.19. The molecule has 0 spiro atoms. The zero-order chi connectivity index (χ0) is 17.0. The lowest BCUT2D eigenvalue weighted by atomic mass is 10.2. The van der Waals surface area contributed by atoms with Crippen molar-refractivity contribution in [2.75, 3.05) is 5.32 Å². The first-order valence-electron chi connectivity index (χ1n) is 7.67. The summed E-state index contributed by atoms with van der Waals surface area (Å²) in [7, 11) is 0. The molecular weight excluding hydrogens is 294 g/mol. The number of carboxylic acids is 1. The van der Waals surface area contributed by atoms with Crippen LogP contribution in [0.5, 0.6) is 0 Å². The Morgan fingerprint density at radius 3 is 2.57 bits per heavy atom. The Balaban J connectivity index is 2.20. The van der Waals surface area contributed by atoms with Gasteiger partial charge < -0.3 is 10.4 Å². The van der Waals surface area contributed by atoms with Gasteiger partial charge in [-0.1, -0.05) is 19.9 Å². The molecule has 0 bridgehead atoms. The third kappa shape index (κ3) is 3.77.